The molecule has 2 aliphatic rings. The second-order valence-electron chi connectivity index (χ2n) is 5.83. The number of nitrogens with one attached hydrogen (secondary N) is 1. The molecule has 1 aromatic carbocycles. The molecule has 0 bridgehead atoms. The predicted octanol–water partition coefficient (Wildman–Crippen LogP) is 2.67. The van der Waals surface area contributed by atoms with Crippen LogP contribution in [0.15, 0.2) is 18.2 Å². The third-order valence-electron chi connectivity index (χ3n) is 4.52. The van der Waals surface area contributed by atoms with Crippen molar-refractivity contribution in [3.63, 3.8) is 0 Å². The van der Waals surface area contributed by atoms with Gasteiger partial charge in [0.15, 0.2) is 0 Å². The molecule has 1 unspecified atom stereocenters. The number of anilines is 1. The van der Waals surface area contributed by atoms with Crippen LogP contribution in [0.4, 0.5) is 5.69 Å². The highest BCUT2D eigenvalue weighted by molar-refractivity contribution is 5.82. The Morgan fingerprint density at radius 3 is 2.75 bits per heavy atom. The maximum absolute atomic E-state index is 11.8. The summed E-state index contributed by atoms with van der Waals surface area (Å²) >= 11 is 0. The Bertz CT molecular complexity index is 570. The third kappa shape index (κ3) is 2.24. The highest BCUT2D eigenvalue weighted by Crippen LogP contribution is 2.35. The van der Waals surface area contributed by atoms with E-state index in [4.69, 9.17) is 5.26 Å². The van der Waals surface area contributed by atoms with E-state index in [2.05, 4.69) is 11.5 Å². The molecule has 0 radical (unpaired) electrons. The molecule has 1 atom stereocenters. The van der Waals surface area contributed by atoms with Gasteiger partial charge in [0.2, 0.25) is 5.91 Å². The van der Waals surface area contributed by atoms with Crippen molar-refractivity contribution < 1.29 is 4.79 Å². The normalized spacial score (nSPS) is 22.9. The van der Waals surface area contributed by atoms with Gasteiger partial charge in [-0.05, 0) is 49.4 Å². The van der Waals surface area contributed by atoms with Gasteiger partial charge >= 0.3 is 0 Å². The first-order valence-electron chi connectivity index (χ1n) is 7.28. The number of nitrogens with zero attached hydrogens (tertiary/aromatic N) is 2. The van der Waals surface area contributed by atoms with Gasteiger partial charge in [0.25, 0.3) is 0 Å². The number of aryl methyl sites for hydroxylation is 1. The lowest BCUT2D eigenvalue weighted by molar-refractivity contribution is -0.119. The Kier molecular flexibility index (Phi) is 3.35. The van der Waals surface area contributed by atoms with Gasteiger partial charge in [-0.15, -0.1) is 0 Å². The molecule has 1 aliphatic carbocycles. The van der Waals surface area contributed by atoms with Gasteiger partial charge in [0, 0.05) is 0 Å². The van der Waals surface area contributed by atoms with E-state index in [0.717, 1.165) is 11.3 Å². The number of benzene rings is 1. The summed E-state index contributed by atoms with van der Waals surface area (Å²) in [6.07, 6.45) is 5.56. The second kappa shape index (κ2) is 5.16. The number of amides is 1. The molecular formula is C16H19N3O. The van der Waals surface area contributed by atoms with Gasteiger partial charge in [-0.25, -0.2) is 0 Å². The number of carbonyl (C=O) groups is 1. The van der Waals surface area contributed by atoms with Crippen molar-refractivity contribution in [1.29, 1.82) is 5.26 Å². The van der Waals surface area contributed by atoms with Crippen LogP contribution in [-0.2, 0) is 4.79 Å². The van der Waals surface area contributed by atoms with Crippen LogP contribution in [0, 0.1) is 24.2 Å². The van der Waals surface area contributed by atoms with Crippen LogP contribution in [0.2, 0.25) is 0 Å². The molecule has 1 aliphatic heterocycles. The first-order chi connectivity index (χ1) is 9.69. The molecule has 1 saturated heterocycles. The first kappa shape index (κ1) is 13.0. The summed E-state index contributed by atoms with van der Waals surface area (Å²) < 4.78 is 0. The van der Waals surface area contributed by atoms with Crippen molar-refractivity contribution in [2.45, 2.75) is 45.1 Å². The van der Waals surface area contributed by atoms with Crippen molar-refractivity contribution in [3.05, 3.63) is 29.3 Å². The molecule has 20 heavy (non-hydrogen) atoms. The molecule has 0 spiro atoms. The van der Waals surface area contributed by atoms with Crippen LogP contribution in [0.1, 0.15) is 43.2 Å². The topological polar surface area (TPSA) is 56.1 Å². The smallest absolute Gasteiger partial charge is 0.240 e. The van der Waals surface area contributed by atoms with E-state index < -0.39 is 0 Å². The van der Waals surface area contributed by atoms with E-state index in [0.29, 0.717) is 17.9 Å². The predicted molar refractivity (Wildman–Crippen MR) is 76.9 cm³/mol. The molecule has 4 nitrogen and oxygen atoms in total. The third-order valence-corrected chi connectivity index (χ3v) is 4.52. The van der Waals surface area contributed by atoms with Gasteiger partial charge in [0.05, 0.1) is 29.8 Å². The van der Waals surface area contributed by atoms with Crippen molar-refractivity contribution in [3.8, 4) is 6.07 Å². The van der Waals surface area contributed by atoms with Crippen LogP contribution in [0.3, 0.4) is 0 Å². The minimum Gasteiger partial charge on any atom is -0.282 e. The van der Waals surface area contributed by atoms with Gasteiger partial charge in [-0.2, -0.15) is 5.26 Å². The van der Waals surface area contributed by atoms with Crippen LogP contribution >= 0.6 is 0 Å². The molecule has 3 rings (SSSR count). The fourth-order valence-electron chi connectivity index (χ4n) is 3.44. The average molecular weight is 269 g/mol. The number of hydrazine groups is 1. The van der Waals surface area contributed by atoms with E-state index in [9.17, 15) is 4.79 Å². The minimum absolute atomic E-state index is 0.101. The summed E-state index contributed by atoms with van der Waals surface area (Å²) in [5.74, 6) is 0.703. The summed E-state index contributed by atoms with van der Waals surface area (Å²) in [6.45, 7) is 1.94. The summed E-state index contributed by atoms with van der Waals surface area (Å²) in [6, 6.07) is 8.20. The largest absolute Gasteiger partial charge is 0.282 e. The molecule has 0 aromatic heterocycles. The standard InChI is InChI=1S/C16H19N3O/c1-11-8-14(7-6-13(11)10-17)19-15(9-16(20)18-19)12-4-2-3-5-12/h6-8,12,15H,2-5,9H2,1H3,(H,18,20). The van der Waals surface area contributed by atoms with Crippen molar-refractivity contribution >= 4 is 11.6 Å². The van der Waals surface area contributed by atoms with Gasteiger partial charge in [-0.3, -0.25) is 15.2 Å². The lowest BCUT2D eigenvalue weighted by Gasteiger charge is -2.30. The highest BCUT2D eigenvalue weighted by atomic mass is 16.2. The molecule has 104 valence electrons. The second-order valence-corrected chi connectivity index (χ2v) is 5.83. The summed E-state index contributed by atoms with van der Waals surface area (Å²) in [5, 5.41) is 11.0. The Hall–Kier alpha value is -2.02. The number of nitriles is 1. The molecule has 1 amide bonds. The van der Waals surface area contributed by atoms with E-state index in [1.165, 1.54) is 25.7 Å². The first-order valence-corrected chi connectivity index (χ1v) is 7.28. The average Bonchev–Trinajstić information content (AvgIpc) is 3.07. The number of carbonyl (C=O) groups excluding carboxylic acids is 1. The fourth-order valence-corrected chi connectivity index (χ4v) is 3.44. The van der Waals surface area contributed by atoms with Crippen LogP contribution in [-0.4, -0.2) is 11.9 Å². The summed E-state index contributed by atoms with van der Waals surface area (Å²) in [7, 11) is 0. The Morgan fingerprint density at radius 1 is 1.35 bits per heavy atom. The zero-order valence-electron chi connectivity index (χ0n) is 11.7. The Morgan fingerprint density at radius 2 is 2.10 bits per heavy atom. The zero-order valence-corrected chi connectivity index (χ0v) is 11.7. The molecule has 2 fully saturated rings. The zero-order chi connectivity index (χ0) is 14.1. The van der Waals surface area contributed by atoms with Gasteiger partial charge < -0.3 is 0 Å². The molecule has 1 heterocycles. The lowest BCUT2D eigenvalue weighted by atomic mass is 9.95. The number of hydrogen-bond donors (Lipinski definition) is 1. The van der Waals surface area contributed by atoms with Crippen molar-refractivity contribution in [2.75, 3.05) is 5.01 Å². The van der Waals surface area contributed by atoms with E-state index in [1.54, 1.807) is 0 Å². The summed E-state index contributed by atoms with van der Waals surface area (Å²) in [5.41, 5.74) is 5.61. The SMILES string of the molecule is Cc1cc(N2NC(=O)CC2C2CCCC2)ccc1C#N. The van der Waals surface area contributed by atoms with Crippen LogP contribution < -0.4 is 10.4 Å². The van der Waals surface area contributed by atoms with Crippen molar-refractivity contribution in [1.82, 2.24) is 5.43 Å². The maximum atomic E-state index is 11.8. The number of hydrogen-bond acceptors (Lipinski definition) is 3. The molecule has 1 N–H and O–H groups in total. The monoisotopic (exact) mass is 269 g/mol. The van der Waals surface area contributed by atoms with Crippen molar-refractivity contribution in [2.24, 2.45) is 5.92 Å². The van der Waals surface area contributed by atoms with Gasteiger partial charge in [0.1, 0.15) is 0 Å². The highest BCUT2D eigenvalue weighted by Gasteiger charge is 2.37. The number of rotatable bonds is 2. The summed E-state index contributed by atoms with van der Waals surface area (Å²) in [4.78, 5) is 11.8. The molecule has 1 aromatic rings. The molecular weight excluding hydrogens is 250 g/mol. The van der Waals surface area contributed by atoms with Crippen LogP contribution in [0.5, 0.6) is 0 Å². The van der Waals surface area contributed by atoms with Crippen LogP contribution in [0.25, 0.3) is 0 Å². The Balaban J connectivity index is 1.89. The Labute approximate surface area is 119 Å². The fraction of sp³-hybridized carbons (Fsp3) is 0.500. The van der Waals surface area contributed by atoms with Gasteiger partial charge in [-0.1, -0.05) is 12.8 Å². The lowest BCUT2D eigenvalue weighted by Crippen LogP contribution is -2.41. The quantitative estimate of drug-likeness (QED) is 0.898. The minimum atomic E-state index is 0.101. The molecule has 4 heteroatoms. The van der Waals surface area contributed by atoms with E-state index >= 15 is 0 Å². The van der Waals surface area contributed by atoms with E-state index in [1.807, 2.05) is 30.1 Å². The van der Waals surface area contributed by atoms with E-state index in [-0.39, 0.29) is 11.9 Å². The maximum Gasteiger partial charge on any atom is 0.240 e. The molecule has 1 saturated carbocycles.